The van der Waals surface area contributed by atoms with Crippen LogP contribution in [-0.4, -0.2) is 29.6 Å². The van der Waals surface area contributed by atoms with Gasteiger partial charge in [-0.15, -0.1) is 0 Å². The van der Waals surface area contributed by atoms with Gasteiger partial charge >= 0.3 is 0 Å². The zero-order valence-corrected chi connectivity index (χ0v) is 14.8. The van der Waals surface area contributed by atoms with E-state index in [1.54, 1.807) is 0 Å². The van der Waals surface area contributed by atoms with E-state index in [1.165, 1.54) is 45.1 Å². The lowest BCUT2D eigenvalue weighted by Gasteiger charge is -2.46. The molecule has 0 spiro atoms. The summed E-state index contributed by atoms with van der Waals surface area (Å²) in [5.74, 6) is 0.853. The lowest BCUT2D eigenvalue weighted by Crippen LogP contribution is -2.56. The average molecular weight is 283 g/mol. The third-order valence-corrected chi connectivity index (χ3v) is 5.45. The summed E-state index contributed by atoms with van der Waals surface area (Å²) in [7, 11) is 0. The summed E-state index contributed by atoms with van der Waals surface area (Å²) in [5.41, 5.74) is 6.99. The molecule has 0 bridgehead atoms. The monoisotopic (exact) mass is 282 g/mol. The molecule has 0 aromatic carbocycles. The number of hydrogen-bond donors (Lipinski definition) is 1. The summed E-state index contributed by atoms with van der Waals surface area (Å²) < 4.78 is 0. The van der Waals surface area contributed by atoms with Crippen LogP contribution in [0, 0.1) is 11.3 Å². The van der Waals surface area contributed by atoms with Gasteiger partial charge in [0, 0.05) is 18.1 Å². The Morgan fingerprint density at radius 1 is 1.20 bits per heavy atom. The Labute approximate surface area is 127 Å². The lowest BCUT2D eigenvalue weighted by molar-refractivity contribution is 0.0453. The van der Waals surface area contributed by atoms with Crippen LogP contribution in [0.5, 0.6) is 0 Å². The predicted molar refractivity (Wildman–Crippen MR) is 89.9 cm³/mol. The van der Waals surface area contributed by atoms with E-state index in [1.807, 2.05) is 0 Å². The standard InChI is InChI=1S/C18H38N2/c1-7-13-20(15(2)3)18(14-19)11-8-9-16(10-12-18)17(4,5)6/h15-16H,7-14,19H2,1-6H3. The van der Waals surface area contributed by atoms with Crippen LogP contribution in [0.1, 0.15) is 80.1 Å². The maximum Gasteiger partial charge on any atom is 0.0334 e. The normalized spacial score (nSPS) is 28.9. The lowest BCUT2D eigenvalue weighted by atomic mass is 9.76. The minimum Gasteiger partial charge on any atom is -0.329 e. The molecule has 1 aliphatic carbocycles. The van der Waals surface area contributed by atoms with Crippen molar-refractivity contribution in [2.75, 3.05) is 13.1 Å². The molecule has 0 saturated heterocycles. The zero-order valence-electron chi connectivity index (χ0n) is 14.8. The van der Waals surface area contributed by atoms with Gasteiger partial charge in [-0.3, -0.25) is 4.90 Å². The van der Waals surface area contributed by atoms with E-state index >= 15 is 0 Å². The first kappa shape index (κ1) is 18.0. The van der Waals surface area contributed by atoms with Crippen LogP contribution in [0.25, 0.3) is 0 Å². The zero-order chi connectivity index (χ0) is 15.4. The number of nitrogens with zero attached hydrogens (tertiary/aromatic N) is 1. The molecule has 0 radical (unpaired) electrons. The molecule has 120 valence electrons. The van der Waals surface area contributed by atoms with Crippen LogP contribution in [-0.2, 0) is 0 Å². The Balaban J connectivity index is 2.88. The van der Waals surface area contributed by atoms with Gasteiger partial charge in [0.25, 0.3) is 0 Å². The molecule has 0 heterocycles. The second kappa shape index (κ2) is 7.26. The van der Waals surface area contributed by atoms with Gasteiger partial charge in [0.05, 0.1) is 0 Å². The van der Waals surface area contributed by atoms with Crippen molar-refractivity contribution >= 4 is 0 Å². The fraction of sp³-hybridized carbons (Fsp3) is 1.00. The Hall–Kier alpha value is -0.0800. The first-order valence-corrected chi connectivity index (χ1v) is 8.73. The number of hydrogen-bond acceptors (Lipinski definition) is 2. The first-order chi connectivity index (χ1) is 9.27. The van der Waals surface area contributed by atoms with Gasteiger partial charge in [-0.05, 0) is 63.8 Å². The molecule has 1 aliphatic rings. The van der Waals surface area contributed by atoms with Crippen molar-refractivity contribution in [1.29, 1.82) is 0 Å². The van der Waals surface area contributed by atoms with Crippen LogP contribution < -0.4 is 5.73 Å². The molecule has 2 atom stereocenters. The first-order valence-electron chi connectivity index (χ1n) is 8.73. The van der Waals surface area contributed by atoms with Crippen LogP contribution in [0.3, 0.4) is 0 Å². The van der Waals surface area contributed by atoms with Gasteiger partial charge in [0.15, 0.2) is 0 Å². The molecule has 2 heteroatoms. The van der Waals surface area contributed by atoms with Gasteiger partial charge in [-0.25, -0.2) is 0 Å². The summed E-state index contributed by atoms with van der Waals surface area (Å²) in [6.45, 7) is 16.2. The van der Waals surface area contributed by atoms with Crippen molar-refractivity contribution in [1.82, 2.24) is 4.90 Å². The fourth-order valence-electron chi connectivity index (χ4n) is 4.15. The summed E-state index contributed by atoms with van der Waals surface area (Å²) >= 11 is 0. The van der Waals surface area contributed by atoms with E-state index in [2.05, 4.69) is 46.4 Å². The smallest absolute Gasteiger partial charge is 0.0334 e. The van der Waals surface area contributed by atoms with E-state index in [0.717, 1.165) is 12.5 Å². The highest BCUT2D eigenvalue weighted by Crippen LogP contribution is 2.42. The van der Waals surface area contributed by atoms with Crippen molar-refractivity contribution in [3.8, 4) is 0 Å². The third-order valence-electron chi connectivity index (χ3n) is 5.45. The van der Waals surface area contributed by atoms with Crippen molar-refractivity contribution in [3.05, 3.63) is 0 Å². The average Bonchev–Trinajstić information content (AvgIpc) is 2.58. The Morgan fingerprint density at radius 3 is 2.30 bits per heavy atom. The highest BCUT2D eigenvalue weighted by Gasteiger charge is 2.40. The van der Waals surface area contributed by atoms with E-state index in [9.17, 15) is 0 Å². The van der Waals surface area contributed by atoms with Crippen LogP contribution in [0.2, 0.25) is 0 Å². The minimum atomic E-state index is 0.254. The molecule has 2 N–H and O–H groups in total. The molecule has 2 unspecified atom stereocenters. The van der Waals surface area contributed by atoms with Crippen molar-refractivity contribution in [2.45, 2.75) is 91.6 Å². The second-order valence-corrected chi connectivity index (χ2v) is 8.21. The molecule has 0 amide bonds. The Morgan fingerprint density at radius 2 is 1.85 bits per heavy atom. The van der Waals surface area contributed by atoms with Crippen LogP contribution in [0.15, 0.2) is 0 Å². The SMILES string of the molecule is CCCN(C(C)C)C1(CN)CCCC(C(C)(C)C)CC1. The minimum absolute atomic E-state index is 0.254. The molecular formula is C18H38N2. The Kier molecular flexibility index (Phi) is 6.53. The maximum atomic E-state index is 6.29. The maximum absolute atomic E-state index is 6.29. The third kappa shape index (κ3) is 4.21. The van der Waals surface area contributed by atoms with Gasteiger partial charge in [-0.1, -0.05) is 34.1 Å². The number of nitrogens with two attached hydrogens (primary N) is 1. The molecule has 0 aromatic heterocycles. The predicted octanol–water partition coefficient (Wildman–Crippen LogP) is 4.43. The molecule has 0 aliphatic heterocycles. The highest BCUT2D eigenvalue weighted by atomic mass is 15.2. The van der Waals surface area contributed by atoms with E-state index in [-0.39, 0.29) is 5.54 Å². The summed E-state index contributed by atoms with van der Waals surface area (Å²) in [6.07, 6.45) is 7.85. The topological polar surface area (TPSA) is 29.3 Å². The summed E-state index contributed by atoms with van der Waals surface area (Å²) in [5, 5.41) is 0. The Bertz CT molecular complexity index is 280. The largest absolute Gasteiger partial charge is 0.329 e. The van der Waals surface area contributed by atoms with E-state index in [0.29, 0.717) is 11.5 Å². The molecule has 1 rings (SSSR count). The van der Waals surface area contributed by atoms with E-state index < -0.39 is 0 Å². The molecule has 0 aromatic rings. The second-order valence-electron chi connectivity index (χ2n) is 8.21. The van der Waals surface area contributed by atoms with Crippen molar-refractivity contribution in [2.24, 2.45) is 17.1 Å². The molecule has 2 nitrogen and oxygen atoms in total. The van der Waals surface area contributed by atoms with Crippen molar-refractivity contribution < 1.29 is 0 Å². The number of rotatable bonds is 5. The van der Waals surface area contributed by atoms with Crippen molar-refractivity contribution in [3.63, 3.8) is 0 Å². The van der Waals surface area contributed by atoms with Crippen LogP contribution in [0.4, 0.5) is 0 Å². The van der Waals surface area contributed by atoms with Gasteiger partial charge in [0.2, 0.25) is 0 Å². The summed E-state index contributed by atoms with van der Waals surface area (Å²) in [6, 6.07) is 0.602. The highest BCUT2D eigenvalue weighted by molar-refractivity contribution is 4.96. The van der Waals surface area contributed by atoms with E-state index in [4.69, 9.17) is 5.73 Å². The van der Waals surface area contributed by atoms with Gasteiger partial charge in [0.1, 0.15) is 0 Å². The summed E-state index contributed by atoms with van der Waals surface area (Å²) in [4.78, 5) is 2.71. The van der Waals surface area contributed by atoms with Crippen LogP contribution >= 0.6 is 0 Å². The molecule has 20 heavy (non-hydrogen) atoms. The molecular weight excluding hydrogens is 244 g/mol. The molecule has 1 saturated carbocycles. The van der Waals surface area contributed by atoms with Gasteiger partial charge < -0.3 is 5.73 Å². The molecule has 1 fully saturated rings. The quantitative estimate of drug-likeness (QED) is 0.756. The fourth-order valence-corrected chi connectivity index (χ4v) is 4.15. The van der Waals surface area contributed by atoms with Gasteiger partial charge in [-0.2, -0.15) is 0 Å².